The van der Waals surface area contributed by atoms with Crippen molar-refractivity contribution in [1.82, 2.24) is 30.4 Å². The predicted molar refractivity (Wildman–Crippen MR) is 108 cm³/mol. The van der Waals surface area contributed by atoms with Gasteiger partial charge in [0.25, 0.3) is 0 Å². The van der Waals surface area contributed by atoms with E-state index < -0.39 is 0 Å². The fourth-order valence-electron chi connectivity index (χ4n) is 3.59. The highest BCUT2D eigenvalue weighted by Crippen LogP contribution is 2.37. The molecule has 1 aliphatic heterocycles. The highest BCUT2D eigenvalue weighted by atomic mass is 35.5. The zero-order valence-corrected chi connectivity index (χ0v) is 16.2. The lowest BCUT2D eigenvalue weighted by molar-refractivity contribution is 0.268. The topological polar surface area (TPSA) is 112 Å². The van der Waals surface area contributed by atoms with Crippen LogP contribution in [0, 0.1) is 0 Å². The standard InChI is InChI=1S/C18H24ClN7O2/c19-13-6-15(20-2-1-4-27)18-14(12-8-21-22-9-12)10-26(16(18)7-13)17-11-25(3-5-28)24-23-17/h6-7,10-12,20-22,27-28H,1-5,8-9H2. The molecule has 3 heterocycles. The molecule has 0 aliphatic carbocycles. The lowest BCUT2D eigenvalue weighted by Gasteiger charge is -2.12. The number of fused-ring (bicyclic) bond motifs is 1. The summed E-state index contributed by atoms with van der Waals surface area (Å²) >= 11 is 6.42. The zero-order valence-electron chi connectivity index (χ0n) is 15.4. The Kier molecular flexibility index (Phi) is 5.79. The van der Waals surface area contributed by atoms with E-state index in [-0.39, 0.29) is 13.2 Å². The van der Waals surface area contributed by atoms with Crippen LogP contribution in [0.2, 0.25) is 5.02 Å². The van der Waals surface area contributed by atoms with Crippen molar-refractivity contribution in [1.29, 1.82) is 0 Å². The molecule has 1 fully saturated rings. The predicted octanol–water partition coefficient (Wildman–Crippen LogP) is 0.853. The van der Waals surface area contributed by atoms with Gasteiger partial charge in [0.1, 0.15) is 0 Å². The van der Waals surface area contributed by atoms with E-state index in [4.69, 9.17) is 21.8 Å². The molecule has 0 saturated carbocycles. The SMILES string of the molecule is OCCCNc1cc(Cl)cc2c1c(C1CNNC1)cn2-c1cn(CCO)nn1. The molecular weight excluding hydrogens is 382 g/mol. The molecule has 28 heavy (non-hydrogen) atoms. The summed E-state index contributed by atoms with van der Waals surface area (Å²) in [5.41, 5.74) is 9.45. The van der Waals surface area contributed by atoms with Crippen LogP contribution >= 0.6 is 11.6 Å². The van der Waals surface area contributed by atoms with Gasteiger partial charge in [-0.1, -0.05) is 16.8 Å². The second kappa shape index (κ2) is 8.46. The summed E-state index contributed by atoms with van der Waals surface area (Å²) < 4.78 is 3.61. The van der Waals surface area contributed by atoms with Crippen LogP contribution in [0.4, 0.5) is 5.69 Å². The first kappa shape index (κ1) is 19.2. The number of hydrogen-bond acceptors (Lipinski definition) is 7. The third-order valence-electron chi connectivity index (χ3n) is 4.91. The minimum atomic E-state index is 0.00461. The maximum atomic E-state index is 9.14. The minimum Gasteiger partial charge on any atom is -0.396 e. The molecule has 0 spiro atoms. The minimum absolute atomic E-state index is 0.00461. The Balaban J connectivity index is 1.85. The number of aliphatic hydroxyl groups is 2. The Hall–Kier alpha value is -2.17. The molecule has 150 valence electrons. The average Bonchev–Trinajstić information content (AvgIpc) is 3.41. The van der Waals surface area contributed by atoms with E-state index >= 15 is 0 Å². The van der Waals surface area contributed by atoms with Gasteiger partial charge in [-0.05, 0) is 24.1 Å². The summed E-state index contributed by atoms with van der Waals surface area (Å²) in [6.45, 7) is 2.85. The maximum absolute atomic E-state index is 9.14. The third-order valence-corrected chi connectivity index (χ3v) is 5.13. The zero-order chi connectivity index (χ0) is 19.5. The average molecular weight is 406 g/mol. The fraction of sp³-hybridized carbons (Fsp3) is 0.444. The van der Waals surface area contributed by atoms with Crippen molar-refractivity contribution in [2.75, 3.05) is 38.2 Å². The van der Waals surface area contributed by atoms with Gasteiger partial charge in [-0.25, -0.2) is 4.68 Å². The Bertz CT molecular complexity index is 949. The molecule has 10 heteroatoms. The Labute approximate surface area is 167 Å². The van der Waals surface area contributed by atoms with Crippen molar-refractivity contribution < 1.29 is 10.2 Å². The van der Waals surface area contributed by atoms with Gasteiger partial charge in [0.2, 0.25) is 0 Å². The molecule has 1 aliphatic rings. The molecule has 0 radical (unpaired) electrons. The van der Waals surface area contributed by atoms with Crippen LogP contribution in [-0.2, 0) is 6.54 Å². The van der Waals surface area contributed by atoms with Gasteiger partial charge in [0.15, 0.2) is 5.82 Å². The third kappa shape index (κ3) is 3.71. The smallest absolute Gasteiger partial charge is 0.179 e. The molecule has 0 bridgehead atoms. The molecule has 1 aromatic carbocycles. The number of benzene rings is 1. The molecule has 0 amide bonds. The van der Waals surface area contributed by atoms with Gasteiger partial charge >= 0.3 is 0 Å². The van der Waals surface area contributed by atoms with Crippen molar-refractivity contribution in [3.05, 3.63) is 35.1 Å². The normalized spacial score (nSPS) is 15.0. The number of nitrogens with one attached hydrogen (secondary N) is 3. The van der Waals surface area contributed by atoms with Crippen LogP contribution in [0.3, 0.4) is 0 Å². The molecule has 0 unspecified atom stereocenters. The second-order valence-corrected chi connectivity index (χ2v) is 7.26. The monoisotopic (exact) mass is 405 g/mol. The van der Waals surface area contributed by atoms with Crippen molar-refractivity contribution in [2.45, 2.75) is 18.9 Å². The van der Waals surface area contributed by atoms with Gasteiger partial charge in [-0.2, -0.15) is 0 Å². The van der Waals surface area contributed by atoms with Crippen LogP contribution < -0.4 is 16.2 Å². The number of hydrogen-bond donors (Lipinski definition) is 5. The van der Waals surface area contributed by atoms with Crippen LogP contribution in [0.25, 0.3) is 16.7 Å². The molecular formula is C18H24ClN7O2. The van der Waals surface area contributed by atoms with Crippen molar-refractivity contribution in [3.8, 4) is 5.82 Å². The van der Waals surface area contributed by atoms with Crippen molar-refractivity contribution >= 4 is 28.2 Å². The number of halogens is 1. The number of nitrogens with zero attached hydrogens (tertiary/aromatic N) is 4. The second-order valence-electron chi connectivity index (χ2n) is 6.83. The van der Waals surface area contributed by atoms with E-state index in [0.717, 1.165) is 29.7 Å². The van der Waals surface area contributed by atoms with Gasteiger partial charge in [0.05, 0.1) is 24.9 Å². The van der Waals surface area contributed by atoms with Crippen LogP contribution in [0.15, 0.2) is 24.5 Å². The van der Waals surface area contributed by atoms with E-state index in [2.05, 4.69) is 32.7 Å². The summed E-state index contributed by atoms with van der Waals surface area (Å²) in [6, 6.07) is 3.85. The first-order valence-corrected chi connectivity index (χ1v) is 9.75. The number of rotatable bonds is 8. The van der Waals surface area contributed by atoms with Crippen LogP contribution in [0.1, 0.15) is 17.9 Å². The Morgan fingerprint density at radius 3 is 2.75 bits per heavy atom. The quantitative estimate of drug-likeness (QED) is 0.353. The lowest BCUT2D eigenvalue weighted by atomic mass is 9.98. The molecule has 3 aromatic rings. The molecule has 0 atom stereocenters. The molecule has 4 rings (SSSR count). The van der Waals surface area contributed by atoms with E-state index in [9.17, 15) is 0 Å². The molecule has 2 aromatic heterocycles. The number of hydrazine groups is 1. The summed E-state index contributed by atoms with van der Waals surface area (Å²) in [7, 11) is 0. The molecule has 1 saturated heterocycles. The summed E-state index contributed by atoms with van der Waals surface area (Å²) in [6.07, 6.45) is 4.56. The van der Waals surface area contributed by atoms with E-state index in [0.29, 0.717) is 36.3 Å². The molecule has 9 nitrogen and oxygen atoms in total. The summed E-state index contributed by atoms with van der Waals surface area (Å²) in [4.78, 5) is 0. The van der Waals surface area contributed by atoms with Crippen LogP contribution in [-0.4, -0.2) is 62.6 Å². The van der Waals surface area contributed by atoms with Gasteiger partial charge in [0, 0.05) is 54.5 Å². The number of aromatic nitrogens is 4. The largest absolute Gasteiger partial charge is 0.396 e. The number of anilines is 1. The van der Waals surface area contributed by atoms with Crippen LogP contribution in [0.5, 0.6) is 0 Å². The lowest BCUT2D eigenvalue weighted by Crippen LogP contribution is -2.21. The highest BCUT2D eigenvalue weighted by Gasteiger charge is 2.24. The van der Waals surface area contributed by atoms with Gasteiger partial charge in [-0.15, -0.1) is 5.10 Å². The summed E-state index contributed by atoms with van der Waals surface area (Å²) in [5, 5.41) is 31.7. The first-order chi connectivity index (χ1) is 13.7. The highest BCUT2D eigenvalue weighted by molar-refractivity contribution is 6.32. The van der Waals surface area contributed by atoms with Gasteiger partial charge < -0.3 is 15.5 Å². The maximum Gasteiger partial charge on any atom is 0.179 e. The fourth-order valence-corrected chi connectivity index (χ4v) is 3.81. The first-order valence-electron chi connectivity index (χ1n) is 9.37. The van der Waals surface area contributed by atoms with Gasteiger partial charge in [-0.3, -0.25) is 15.4 Å². The van der Waals surface area contributed by atoms with E-state index in [1.807, 2.05) is 22.9 Å². The molecule has 5 N–H and O–H groups in total. The van der Waals surface area contributed by atoms with E-state index in [1.165, 1.54) is 5.56 Å². The van der Waals surface area contributed by atoms with Crippen molar-refractivity contribution in [2.24, 2.45) is 0 Å². The van der Waals surface area contributed by atoms with E-state index in [1.54, 1.807) is 4.68 Å². The van der Waals surface area contributed by atoms with Crippen molar-refractivity contribution in [3.63, 3.8) is 0 Å². The Morgan fingerprint density at radius 1 is 1.18 bits per heavy atom. The summed E-state index contributed by atoms with van der Waals surface area (Å²) in [5.74, 6) is 0.975. The number of aliphatic hydroxyl groups excluding tert-OH is 2. The Morgan fingerprint density at radius 2 is 2.00 bits per heavy atom.